The first-order valence-electron chi connectivity index (χ1n) is 7.38. The van der Waals surface area contributed by atoms with E-state index < -0.39 is 15.1 Å². The maximum absolute atomic E-state index is 12.4. The van der Waals surface area contributed by atoms with Crippen LogP contribution in [-0.4, -0.2) is 55.0 Å². The van der Waals surface area contributed by atoms with Crippen LogP contribution >= 0.6 is 11.8 Å². The van der Waals surface area contributed by atoms with Crippen LogP contribution < -0.4 is 5.32 Å². The molecule has 1 saturated heterocycles. The first kappa shape index (κ1) is 16.3. The van der Waals surface area contributed by atoms with Crippen LogP contribution in [-0.2, 0) is 19.4 Å². The molecule has 1 aromatic rings. The Morgan fingerprint density at radius 2 is 2.13 bits per heavy atom. The molecule has 0 saturated carbocycles. The van der Waals surface area contributed by atoms with Gasteiger partial charge in [-0.15, -0.1) is 11.8 Å². The van der Waals surface area contributed by atoms with Gasteiger partial charge >= 0.3 is 0 Å². The van der Waals surface area contributed by atoms with Gasteiger partial charge < -0.3 is 10.2 Å². The molecule has 1 N–H and O–H groups in total. The largest absolute Gasteiger partial charge is 0.342 e. The van der Waals surface area contributed by atoms with Crippen molar-refractivity contribution >= 4 is 39.1 Å². The van der Waals surface area contributed by atoms with Gasteiger partial charge in [-0.25, -0.2) is 8.42 Å². The van der Waals surface area contributed by atoms with E-state index in [1.807, 2.05) is 24.3 Å². The average Bonchev–Trinajstić information content (AvgIpc) is 2.87. The lowest BCUT2D eigenvalue weighted by atomic mass is 10.2. The molecule has 6 nitrogen and oxygen atoms in total. The Bertz CT molecular complexity index is 748. The van der Waals surface area contributed by atoms with E-state index in [0.717, 1.165) is 10.6 Å². The van der Waals surface area contributed by atoms with Gasteiger partial charge in [0.1, 0.15) is 0 Å². The van der Waals surface area contributed by atoms with Gasteiger partial charge in [-0.05, 0) is 18.6 Å². The Hall–Kier alpha value is -1.54. The average molecular weight is 354 g/mol. The number of nitrogens with zero attached hydrogens (tertiary/aromatic N) is 1. The minimum Gasteiger partial charge on any atom is -0.342 e. The lowest BCUT2D eigenvalue weighted by Crippen LogP contribution is -2.41. The van der Waals surface area contributed by atoms with E-state index in [1.165, 1.54) is 16.7 Å². The minimum absolute atomic E-state index is 0.0160. The Kier molecular flexibility index (Phi) is 4.37. The molecule has 0 bridgehead atoms. The van der Waals surface area contributed by atoms with Crippen LogP contribution in [0.1, 0.15) is 12.8 Å². The number of fused-ring (bicyclic) bond motifs is 1. The highest BCUT2D eigenvalue weighted by Crippen LogP contribution is 2.36. The molecule has 1 aromatic carbocycles. The van der Waals surface area contributed by atoms with Gasteiger partial charge in [-0.2, -0.15) is 0 Å². The van der Waals surface area contributed by atoms with Crippen LogP contribution in [0.5, 0.6) is 0 Å². The molecule has 3 rings (SSSR count). The van der Waals surface area contributed by atoms with Crippen molar-refractivity contribution in [3.63, 3.8) is 0 Å². The summed E-state index contributed by atoms with van der Waals surface area (Å²) in [6.07, 6.45) is 0.537. The highest BCUT2D eigenvalue weighted by Gasteiger charge is 2.35. The predicted molar refractivity (Wildman–Crippen MR) is 89.2 cm³/mol. The fraction of sp³-hybridized carbons (Fsp3) is 0.467. The minimum atomic E-state index is -3.04. The van der Waals surface area contributed by atoms with Gasteiger partial charge in [0.25, 0.3) is 0 Å². The molecule has 2 amide bonds. The van der Waals surface area contributed by atoms with Crippen molar-refractivity contribution in [2.75, 3.05) is 23.9 Å². The highest BCUT2D eigenvalue weighted by molar-refractivity contribution is 8.01. The number of thioether (sulfide) groups is 1. The number of rotatable bonds is 3. The van der Waals surface area contributed by atoms with E-state index in [4.69, 9.17) is 0 Å². The van der Waals surface area contributed by atoms with Gasteiger partial charge in [-0.1, -0.05) is 12.1 Å². The number of amides is 2. The molecular formula is C15H18N2O4S2. The smallest absolute Gasteiger partial charge is 0.238 e. The molecule has 2 atom stereocenters. The van der Waals surface area contributed by atoms with Gasteiger partial charge in [0.15, 0.2) is 9.84 Å². The zero-order valence-corrected chi connectivity index (χ0v) is 14.3. The summed E-state index contributed by atoms with van der Waals surface area (Å²) in [4.78, 5) is 27.0. The van der Waals surface area contributed by atoms with E-state index >= 15 is 0 Å². The zero-order chi connectivity index (χ0) is 16.6. The first-order chi connectivity index (χ1) is 10.9. The monoisotopic (exact) mass is 354 g/mol. The van der Waals surface area contributed by atoms with Crippen molar-refractivity contribution in [2.45, 2.75) is 29.0 Å². The molecule has 0 radical (unpaired) electrons. The van der Waals surface area contributed by atoms with Crippen molar-refractivity contribution in [3.8, 4) is 0 Å². The number of carbonyl (C=O) groups excluding carboxylic acids is 2. The second-order valence-corrected chi connectivity index (χ2v) is 9.33. The Labute approximate surface area is 139 Å². The fourth-order valence-corrected chi connectivity index (χ4v) is 5.69. The van der Waals surface area contributed by atoms with Crippen LogP contribution in [0.25, 0.3) is 0 Å². The standard InChI is InChI=1S/C15H18N2O4S2/c1-17(10-6-7-23(20,21)9-10)14(18)8-13-15(19)16-11-4-2-3-5-12(11)22-13/h2-5,10,13H,6-9H2,1H3,(H,16,19)/t10-,13+/m0/s1. The predicted octanol–water partition coefficient (Wildman–Crippen LogP) is 1.14. The number of anilines is 1. The number of benzene rings is 1. The van der Waals surface area contributed by atoms with Crippen molar-refractivity contribution in [1.29, 1.82) is 0 Å². The van der Waals surface area contributed by atoms with Crippen molar-refractivity contribution in [2.24, 2.45) is 0 Å². The molecule has 124 valence electrons. The van der Waals surface area contributed by atoms with Crippen LogP contribution in [0.2, 0.25) is 0 Å². The van der Waals surface area contributed by atoms with Gasteiger partial charge in [0, 0.05) is 24.4 Å². The summed E-state index contributed by atoms with van der Waals surface area (Å²) < 4.78 is 23.1. The number of nitrogens with one attached hydrogen (secondary N) is 1. The molecule has 2 aliphatic rings. The fourth-order valence-electron chi connectivity index (χ4n) is 2.81. The number of hydrogen-bond acceptors (Lipinski definition) is 5. The zero-order valence-electron chi connectivity index (χ0n) is 12.7. The van der Waals surface area contributed by atoms with E-state index in [2.05, 4.69) is 5.32 Å². The molecule has 0 aliphatic carbocycles. The van der Waals surface area contributed by atoms with Crippen LogP contribution in [0.3, 0.4) is 0 Å². The maximum atomic E-state index is 12.4. The summed E-state index contributed by atoms with van der Waals surface area (Å²) in [6.45, 7) is 0. The summed E-state index contributed by atoms with van der Waals surface area (Å²) in [5, 5.41) is 2.32. The topological polar surface area (TPSA) is 83.6 Å². The van der Waals surface area contributed by atoms with E-state index in [9.17, 15) is 18.0 Å². The van der Waals surface area contributed by atoms with E-state index in [1.54, 1.807) is 7.05 Å². The summed E-state index contributed by atoms with van der Waals surface area (Å²) >= 11 is 1.38. The van der Waals surface area contributed by atoms with E-state index in [0.29, 0.717) is 6.42 Å². The van der Waals surface area contributed by atoms with Crippen LogP contribution in [0.15, 0.2) is 29.2 Å². The third-order valence-corrected chi connectivity index (χ3v) is 7.24. The molecule has 0 unspecified atom stereocenters. The number of carbonyl (C=O) groups is 2. The Balaban J connectivity index is 1.65. The molecule has 0 aromatic heterocycles. The molecule has 2 aliphatic heterocycles. The SMILES string of the molecule is CN(C(=O)C[C@H]1Sc2ccccc2NC1=O)[C@H]1CCS(=O)(=O)C1. The molecule has 0 spiro atoms. The third kappa shape index (κ3) is 3.53. The lowest BCUT2D eigenvalue weighted by molar-refractivity contribution is -0.132. The van der Waals surface area contributed by atoms with Crippen molar-refractivity contribution < 1.29 is 18.0 Å². The lowest BCUT2D eigenvalue weighted by Gasteiger charge is -2.27. The van der Waals surface area contributed by atoms with Gasteiger partial charge in [-0.3, -0.25) is 9.59 Å². The Morgan fingerprint density at radius 3 is 2.83 bits per heavy atom. The molecule has 2 heterocycles. The van der Waals surface area contributed by atoms with Crippen molar-refractivity contribution in [3.05, 3.63) is 24.3 Å². The first-order valence-corrected chi connectivity index (χ1v) is 10.1. The van der Waals surface area contributed by atoms with E-state index in [-0.39, 0.29) is 35.8 Å². The summed E-state index contributed by atoms with van der Waals surface area (Å²) in [5.74, 6) is -0.239. The summed E-state index contributed by atoms with van der Waals surface area (Å²) in [5.41, 5.74) is 0.765. The van der Waals surface area contributed by atoms with Gasteiger partial charge in [0.2, 0.25) is 11.8 Å². The number of para-hydroxylation sites is 1. The Morgan fingerprint density at radius 1 is 1.39 bits per heavy atom. The second kappa shape index (κ2) is 6.16. The van der Waals surface area contributed by atoms with Crippen LogP contribution in [0, 0.1) is 0 Å². The third-order valence-electron chi connectivity index (χ3n) is 4.22. The quantitative estimate of drug-likeness (QED) is 0.880. The number of hydrogen-bond donors (Lipinski definition) is 1. The molecule has 23 heavy (non-hydrogen) atoms. The highest BCUT2D eigenvalue weighted by atomic mass is 32.2. The summed E-state index contributed by atoms with van der Waals surface area (Å²) in [7, 11) is -1.42. The van der Waals surface area contributed by atoms with Crippen molar-refractivity contribution in [1.82, 2.24) is 4.90 Å². The van der Waals surface area contributed by atoms with Crippen LogP contribution in [0.4, 0.5) is 5.69 Å². The summed E-state index contributed by atoms with van der Waals surface area (Å²) in [6, 6.07) is 7.19. The van der Waals surface area contributed by atoms with Gasteiger partial charge in [0.05, 0.1) is 22.4 Å². The second-order valence-electron chi connectivity index (χ2n) is 5.86. The normalized spacial score (nSPS) is 25.5. The molecular weight excluding hydrogens is 336 g/mol. The molecule has 1 fully saturated rings. The number of sulfone groups is 1. The maximum Gasteiger partial charge on any atom is 0.238 e. The molecule has 8 heteroatoms.